The van der Waals surface area contributed by atoms with Crippen LogP contribution in [-0.4, -0.2) is 11.1 Å². The SMILES string of the molecule is Cc1ccnc(C(N)c2ccccc2OC(C)C)c1. The molecule has 2 aromatic rings. The van der Waals surface area contributed by atoms with E-state index in [1.807, 2.05) is 57.2 Å². The van der Waals surface area contributed by atoms with E-state index in [1.165, 1.54) is 0 Å². The Morgan fingerprint density at radius 1 is 1.16 bits per heavy atom. The number of hydrogen-bond donors (Lipinski definition) is 1. The normalized spacial score (nSPS) is 12.5. The molecule has 1 atom stereocenters. The molecule has 1 heterocycles. The molecule has 1 aromatic heterocycles. The standard InChI is InChI=1S/C16H20N2O/c1-11(2)19-15-7-5-4-6-13(15)16(17)14-10-12(3)8-9-18-14/h4-11,16H,17H2,1-3H3. The van der Waals surface area contributed by atoms with Gasteiger partial charge in [0.05, 0.1) is 17.8 Å². The number of pyridine rings is 1. The van der Waals surface area contributed by atoms with Crippen molar-refractivity contribution >= 4 is 0 Å². The maximum Gasteiger partial charge on any atom is 0.124 e. The van der Waals surface area contributed by atoms with Gasteiger partial charge in [0.25, 0.3) is 0 Å². The molecule has 3 heteroatoms. The summed E-state index contributed by atoms with van der Waals surface area (Å²) in [6.07, 6.45) is 1.91. The minimum Gasteiger partial charge on any atom is -0.491 e. The lowest BCUT2D eigenvalue weighted by atomic mass is 10.0. The van der Waals surface area contributed by atoms with Crippen LogP contribution in [0.5, 0.6) is 5.75 Å². The molecule has 3 nitrogen and oxygen atoms in total. The van der Waals surface area contributed by atoms with Crippen LogP contribution in [0.1, 0.15) is 36.7 Å². The molecule has 1 aromatic carbocycles. The molecule has 0 saturated heterocycles. The quantitative estimate of drug-likeness (QED) is 0.913. The third-order valence-corrected chi connectivity index (χ3v) is 2.87. The van der Waals surface area contributed by atoms with Gasteiger partial charge in [0.1, 0.15) is 5.75 Å². The molecule has 0 bridgehead atoms. The fourth-order valence-corrected chi connectivity index (χ4v) is 1.99. The lowest BCUT2D eigenvalue weighted by molar-refractivity contribution is 0.239. The fraction of sp³-hybridized carbons (Fsp3) is 0.312. The highest BCUT2D eigenvalue weighted by atomic mass is 16.5. The van der Waals surface area contributed by atoms with Gasteiger partial charge in [-0.1, -0.05) is 18.2 Å². The summed E-state index contributed by atoms with van der Waals surface area (Å²) in [6, 6.07) is 11.6. The number of nitrogens with two attached hydrogens (primary N) is 1. The largest absolute Gasteiger partial charge is 0.491 e. The van der Waals surface area contributed by atoms with Crippen LogP contribution in [-0.2, 0) is 0 Å². The van der Waals surface area contributed by atoms with E-state index >= 15 is 0 Å². The van der Waals surface area contributed by atoms with E-state index in [9.17, 15) is 0 Å². The van der Waals surface area contributed by atoms with Gasteiger partial charge in [0.2, 0.25) is 0 Å². The second-order valence-corrected chi connectivity index (χ2v) is 4.94. The van der Waals surface area contributed by atoms with Gasteiger partial charge < -0.3 is 10.5 Å². The van der Waals surface area contributed by atoms with Crippen molar-refractivity contribution in [2.75, 3.05) is 0 Å². The second kappa shape index (κ2) is 5.85. The van der Waals surface area contributed by atoms with Crippen molar-refractivity contribution in [3.8, 4) is 5.75 Å². The lowest BCUT2D eigenvalue weighted by Crippen LogP contribution is -2.16. The lowest BCUT2D eigenvalue weighted by Gasteiger charge is -2.18. The Morgan fingerprint density at radius 3 is 2.58 bits per heavy atom. The zero-order chi connectivity index (χ0) is 13.8. The van der Waals surface area contributed by atoms with Gasteiger partial charge in [-0.25, -0.2) is 0 Å². The minimum atomic E-state index is -0.269. The van der Waals surface area contributed by atoms with Gasteiger partial charge in [-0.15, -0.1) is 0 Å². The average Bonchev–Trinajstić information content (AvgIpc) is 2.38. The summed E-state index contributed by atoms with van der Waals surface area (Å²) in [5.74, 6) is 0.827. The summed E-state index contributed by atoms with van der Waals surface area (Å²) >= 11 is 0. The van der Waals surface area contributed by atoms with Crippen LogP contribution in [0, 0.1) is 6.92 Å². The topological polar surface area (TPSA) is 48.1 Å². The molecule has 100 valence electrons. The molecule has 0 fully saturated rings. The number of aryl methyl sites for hydroxylation is 1. The number of rotatable bonds is 4. The summed E-state index contributed by atoms with van der Waals surface area (Å²) in [6.45, 7) is 6.05. The Kier molecular flexibility index (Phi) is 4.17. The smallest absolute Gasteiger partial charge is 0.124 e. The van der Waals surface area contributed by atoms with E-state index in [4.69, 9.17) is 10.5 Å². The maximum absolute atomic E-state index is 6.32. The summed E-state index contributed by atoms with van der Waals surface area (Å²) in [4.78, 5) is 4.36. The first-order chi connectivity index (χ1) is 9.08. The van der Waals surface area contributed by atoms with Crippen molar-refractivity contribution < 1.29 is 4.74 Å². The third kappa shape index (κ3) is 3.32. The highest BCUT2D eigenvalue weighted by molar-refractivity contribution is 5.40. The van der Waals surface area contributed by atoms with E-state index in [-0.39, 0.29) is 12.1 Å². The molecule has 0 aliphatic heterocycles. The molecule has 0 aliphatic carbocycles. The van der Waals surface area contributed by atoms with Gasteiger partial charge in [-0.2, -0.15) is 0 Å². The number of aromatic nitrogens is 1. The van der Waals surface area contributed by atoms with Crippen LogP contribution in [0.4, 0.5) is 0 Å². The van der Waals surface area contributed by atoms with E-state index in [1.54, 1.807) is 6.20 Å². The van der Waals surface area contributed by atoms with Crippen molar-refractivity contribution in [1.29, 1.82) is 0 Å². The zero-order valence-corrected chi connectivity index (χ0v) is 11.6. The molecule has 19 heavy (non-hydrogen) atoms. The van der Waals surface area contributed by atoms with Crippen LogP contribution < -0.4 is 10.5 Å². The van der Waals surface area contributed by atoms with Gasteiger partial charge in [-0.05, 0) is 44.5 Å². The molecule has 2 N–H and O–H groups in total. The van der Waals surface area contributed by atoms with Gasteiger partial charge in [-0.3, -0.25) is 4.98 Å². The predicted molar refractivity (Wildman–Crippen MR) is 77.2 cm³/mol. The molecule has 0 spiro atoms. The van der Waals surface area contributed by atoms with Crippen LogP contribution in [0.15, 0.2) is 42.6 Å². The molecule has 0 radical (unpaired) electrons. The Balaban J connectivity index is 2.35. The number of ether oxygens (including phenoxy) is 1. The zero-order valence-electron chi connectivity index (χ0n) is 11.6. The number of benzene rings is 1. The van der Waals surface area contributed by atoms with Crippen LogP contribution in [0.25, 0.3) is 0 Å². The van der Waals surface area contributed by atoms with Crippen LogP contribution in [0.2, 0.25) is 0 Å². The summed E-state index contributed by atoms with van der Waals surface area (Å²) < 4.78 is 5.81. The van der Waals surface area contributed by atoms with E-state index < -0.39 is 0 Å². The third-order valence-electron chi connectivity index (χ3n) is 2.87. The van der Waals surface area contributed by atoms with Crippen LogP contribution >= 0.6 is 0 Å². The number of para-hydroxylation sites is 1. The predicted octanol–water partition coefficient (Wildman–Crippen LogP) is 3.23. The first-order valence-corrected chi connectivity index (χ1v) is 6.51. The Hall–Kier alpha value is -1.87. The average molecular weight is 256 g/mol. The van der Waals surface area contributed by atoms with E-state index in [0.717, 1.165) is 22.6 Å². The molecular formula is C16H20N2O. The Morgan fingerprint density at radius 2 is 1.89 bits per heavy atom. The first kappa shape index (κ1) is 13.6. The number of hydrogen-bond acceptors (Lipinski definition) is 3. The van der Waals surface area contributed by atoms with Crippen molar-refractivity contribution in [2.24, 2.45) is 5.73 Å². The summed E-state index contributed by atoms with van der Waals surface area (Å²) in [5, 5.41) is 0. The van der Waals surface area contributed by atoms with Gasteiger partial charge in [0, 0.05) is 11.8 Å². The van der Waals surface area contributed by atoms with E-state index in [2.05, 4.69) is 4.98 Å². The van der Waals surface area contributed by atoms with Crippen molar-refractivity contribution in [3.63, 3.8) is 0 Å². The molecule has 0 amide bonds. The molecule has 2 rings (SSSR count). The molecular weight excluding hydrogens is 236 g/mol. The van der Waals surface area contributed by atoms with Crippen LogP contribution in [0.3, 0.4) is 0 Å². The van der Waals surface area contributed by atoms with Crippen molar-refractivity contribution in [1.82, 2.24) is 4.98 Å². The Labute approximate surface area is 114 Å². The van der Waals surface area contributed by atoms with Gasteiger partial charge in [0.15, 0.2) is 0 Å². The molecule has 0 aliphatic rings. The minimum absolute atomic E-state index is 0.124. The first-order valence-electron chi connectivity index (χ1n) is 6.51. The highest BCUT2D eigenvalue weighted by Crippen LogP contribution is 2.28. The maximum atomic E-state index is 6.32. The summed E-state index contributed by atoms with van der Waals surface area (Å²) in [5.41, 5.74) is 9.30. The van der Waals surface area contributed by atoms with E-state index in [0.29, 0.717) is 0 Å². The molecule has 0 saturated carbocycles. The Bertz CT molecular complexity index is 552. The van der Waals surface area contributed by atoms with Crippen molar-refractivity contribution in [3.05, 3.63) is 59.4 Å². The molecule has 1 unspecified atom stereocenters. The monoisotopic (exact) mass is 256 g/mol. The van der Waals surface area contributed by atoms with Gasteiger partial charge >= 0.3 is 0 Å². The fourth-order valence-electron chi connectivity index (χ4n) is 1.99. The summed E-state index contributed by atoms with van der Waals surface area (Å²) in [7, 11) is 0. The number of nitrogens with zero attached hydrogens (tertiary/aromatic N) is 1. The highest BCUT2D eigenvalue weighted by Gasteiger charge is 2.15. The second-order valence-electron chi connectivity index (χ2n) is 4.94. The van der Waals surface area contributed by atoms with Crippen molar-refractivity contribution in [2.45, 2.75) is 32.9 Å².